The van der Waals surface area contributed by atoms with Crippen molar-refractivity contribution in [2.24, 2.45) is 0 Å². The topological polar surface area (TPSA) is 67.9 Å². The van der Waals surface area contributed by atoms with Gasteiger partial charge in [-0.05, 0) is 59.7 Å². The summed E-state index contributed by atoms with van der Waals surface area (Å²) < 4.78 is 10.7. The number of methoxy groups -OCH3 is 2. The molecule has 2 amide bonds. The predicted octanol–water partition coefficient (Wildman–Crippen LogP) is 5.14. The summed E-state index contributed by atoms with van der Waals surface area (Å²) in [6.45, 7) is 0.288. The molecule has 7 heteroatoms. The molecule has 2 aromatic carbocycles. The smallest absolute Gasteiger partial charge is 0.247 e. The molecule has 0 saturated heterocycles. The molecule has 3 aromatic rings. The quantitative estimate of drug-likeness (QED) is 0.426. The molecule has 0 aliphatic heterocycles. The fraction of sp³-hybridized carbons (Fsp3) is 0.357. The van der Waals surface area contributed by atoms with Crippen LogP contribution >= 0.6 is 11.3 Å². The molecule has 1 N–H and O–H groups in total. The molecule has 184 valence electrons. The lowest BCUT2D eigenvalue weighted by Gasteiger charge is -2.32. The SMILES string of the molecule is COc1ccc(C(C(=O)NC2CCCC2)N(Cc2cccc(OC)c2)C(=O)Cc2cccs2)cc1. The van der Waals surface area contributed by atoms with E-state index in [0.717, 1.165) is 41.7 Å². The molecule has 1 fully saturated rings. The van der Waals surface area contributed by atoms with Gasteiger partial charge in [-0.2, -0.15) is 0 Å². The fourth-order valence-electron chi connectivity index (χ4n) is 4.56. The molecule has 1 unspecified atom stereocenters. The zero-order chi connectivity index (χ0) is 24.6. The minimum Gasteiger partial charge on any atom is -0.497 e. The first kappa shape index (κ1) is 24.8. The minimum absolute atomic E-state index is 0.0994. The first-order chi connectivity index (χ1) is 17.1. The molecule has 0 spiro atoms. The number of benzene rings is 2. The van der Waals surface area contributed by atoms with Crippen LogP contribution in [0.1, 0.15) is 47.7 Å². The van der Waals surface area contributed by atoms with Crippen molar-refractivity contribution in [3.8, 4) is 11.5 Å². The fourth-order valence-corrected chi connectivity index (χ4v) is 5.26. The number of thiophene rings is 1. The number of amides is 2. The average Bonchev–Trinajstić information content (AvgIpc) is 3.58. The normalized spacial score (nSPS) is 14.3. The van der Waals surface area contributed by atoms with Crippen molar-refractivity contribution in [3.63, 3.8) is 0 Å². The second-order valence-electron chi connectivity index (χ2n) is 8.79. The summed E-state index contributed by atoms with van der Waals surface area (Å²) in [5.74, 6) is 1.17. The number of rotatable bonds is 10. The first-order valence-corrected chi connectivity index (χ1v) is 12.8. The highest BCUT2D eigenvalue weighted by Gasteiger charge is 2.33. The van der Waals surface area contributed by atoms with Crippen LogP contribution in [-0.2, 0) is 22.6 Å². The lowest BCUT2D eigenvalue weighted by Crippen LogP contribution is -2.46. The second-order valence-corrected chi connectivity index (χ2v) is 9.83. The molecule has 0 bridgehead atoms. The second kappa shape index (κ2) is 11.9. The molecule has 1 heterocycles. The molecule has 0 radical (unpaired) electrons. The molecule has 1 aliphatic carbocycles. The van der Waals surface area contributed by atoms with Crippen molar-refractivity contribution < 1.29 is 19.1 Å². The van der Waals surface area contributed by atoms with Crippen molar-refractivity contribution in [3.05, 3.63) is 82.0 Å². The minimum atomic E-state index is -0.764. The van der Waals surface area contributed by atoms with E-state index in [1.54, 1.807) is 30.5 Å². The van der Waals surface area contributed by atoms with Gasteiger partial charge < -0.3 is 19.7 Å². The summed E-state index contributed by atoms with van der Waals surface area (Å²) in [6.07, 6.45) is 4.41. The van der Waals surface area contributed by atoms with Crippen LogP contribution in [0.15, 0.2) is 66.0 Å². The van der Waals surface area contributed by atoms with E-state index in [4.69, 9.17) is 9.47 Å². The van der Waals surface area contributed by atoms with E-state index in [1.807, 2.05) is 66.0 Å². The van der Waals surface area contributed by atoms with E-state index >= 15 is 0 Å². The van der Waals surface area contributed by atoms with Crippen LogP contribution in [0.25, 0.3) is 0 Å². The van der Waals surface area contributed by atoms with Crippen molar-refractivity contribution in [1.82, 2.24) is 10.2 Å². The van der Waals surface area contributed by atoms with E-state index in [9.17, 15) is 9.59 Å². The predicted molar refractivity (Wildman–Crippen MR) is 138 cm³/mol. The average molecular weight is 493 g/mol. The Labute approximate surface area is 210 Å². The maximum Gasteiger partial charge on any atom is 0.247 e. The highest BCUT2D eigenvalue weighted by molar-refractivity contribution is 7.10. The van der Waals surface area contributed by atoms with Crippen molar-refractivity contribution >= 4 is 23.2 Å². The van der Waals surface area contributed by atoms with Gasteiger partial charge in [-0.3, -0.25) is 9.59 Å². The third-order valence-corrected chi connectivity index (χ3v) is 7.28. The lowest BCUT2D eigenvalue weighted by molar-refractivity contribution is -0.141. The van der Waals surface area contributed by atoms with Crippen LogP contribution in [-0.4, -0.2) is 37.0 Å². The summed E-state index contributed by atoms with van der Waals surface area (Å²) in [5.41, 5.74) is 1.65. The number of hydrogen-bond donors (Lipinski definition) is 1. The van der Waals surface area contributed by atoms with Gasteiger partial charge in [0.25, 0.3) is 0 Å². The molecule has 1 aliphatic rings. The van der Waals surface area contributed by atoms with E-state index in [1.165, 1.54) is 0 Å². The van der Waals surface area contributed by atoms with Gasteiger partial charge in [-0.15, -0.1) is 11.3 Å². The Kier molecular flexibility index (Phi) is 8.42. The molecule has 1 aromatic heterocycles. The van der Waals surface area contributed by atoms with E-state index in [-0.39, 0.29) is 30.8 Å². The highest BCUT2D eigenvalue weighted by atomic mass is 32.1. The number of nitrogens with one attached hydrogen (secondary N) is 1. The van der Waals surface area contributed by atoms with Gasteiger partial charge >= 0.3 is 0 Å². The third-order valence-electron chi connectivity index (χ3n) is 6.41. The lowest BCUT2D eigenvalue weighted by atomic mass is 10.0. The summed E-state index contributed by atoms with van der Waals surface area (Å²) in [6, 6.07) is 18.3. The van der Waals surface area contributed by atoms with Crippen LogP contribution in [0, 0.1) is 0 Å². The number of carbonyl (C=O) groups is 2. The maximum absolute atomic E-state index is 13.8. The van der Waals surface area contributed by atoms with Gasteiger partial charge in [0.1, 0.15) is 17.5 Å². The van der Waals surface area contributed by atoms with Crippen LogP contribution in [0.3, 0.4) is 0 Å². The largest absolute Gasteiger partial charge is 0.497 e. The molecule has 4 rings (SSSR count). The molecule has 1 atom stereocenters. The maximum atomic E-state index is 13.8. The molecular formula is C28H32N2O4S. The number of carbonyl (C=O) groups excluding carboxylic acids is 2. The Hall–Kier alpha value is -3.32. The summed E-state index contributed by atoms with van der Waals surface area (Å²) in [4.78, 5) is 30.2. The van der Waals surface area contributed by atoms with E-state index in [0.29, 0.717) is 11.5 Å². The van der Waals surface area contributed by atoms with Gasteiger partial charge in [-0.1, -0.05) is 43.2 Å². The monoisotopic (exact) mass is 492 g/mol. The summed E-state index contributed by atoms with van der Waals surface area (Å²) in [5, 5.41) is 5.18. The molecule has 35 heavy (non-hydrogen) atoms. The van der Waals surface area contributed by atoms with Crippen molar-refractivity contribution in [1.29, 1.82) is 0 Å². The number of ether oxygens (including phenoxy) is 2. The Morgan fingerprint density at radius 3 is 2.40 bits per heavy atom. The zero-order valence-electron chi connectivity index (χ0n) is 20.2. The summed E-state index contributed by atoms with van der Waals surface area (Å²) in [7, 11) is 3.23. The molecule has 6 nitrogen and oxygen atoms in total. The Bertz CT molecular complexity index is 1110. The zero-order valence-corrected chi connectivity index (χ0v) is 21.1. The summed E-state index contributed by atoms with van der Waals surface area (Å²) >= 11 is 1.54. The van der Waals surface area contributed by atoms with Gasteiger partial charge in [0, 0.05) is 17.5 Å². The van der Waals surface area contributed by atoms with Crippen LogP contribution in [0.2, 0.25) is 0 Å². The van der Waals surface area contributed by atoms with Gasteiger partial charge in [0.05, 0.1) is 20.6 Å². The first-order valence-electron chi connectivity index (χ1n) is 12.0. The Morgan fingerprint density at radius 1 is 1.00 bits per heavy atom. The van der Waals surface area contributed by atoms with E-state index < -0.39 is 6.04 Å². The van der Waals surface area contributed by atoms with Gasteiger partial charge in [0.2, 0.25) is 11.8 Å². The third kappa shape index (κ3) is 6.42. The molecule has 1 saturated carbocycles. The van der Waals surface area contributed by atoms with Crippen LogP contribution in [0.4, 0.5) is 0 Å². The number of nitrogens with zero attached hydrogens (tertiary/aromatic N) is 1. The Morgan fingerprint density at radius 2 is 1.74 bits per heavy atom. The number of hydrogen-bond acceptors (Lipinski definition) is 5. The van der Waals surface area contributed by atoms with Crippen molar-refractivity contribution in [2.75, 3.05) is 14.2 Å². The van der Waals surface area contributed by atoms with E-state index in [2.05, 4.69) is 5.32 Å². The van der Waals surface area contributed by atoms with Crippen molar-refractivity contribution in [2.45, 2.75) is 50.7 Å². The van der Waals surface area contributed by atoms with Crippen LogP contribution < -0.4 is 14.8 Å². The Balaban J connectivity index is 1.71. The van der Waals surface area contributed by atoms with Gasteiger partial charge in [-0.25, -0.2) is 0 Å². The highest BCUT2D eigenvalue weighted by Crippen LogP contribution is 2.29. The molecular weight excluding hydrogens is 460 g/mol. The van der Waals surface area contributed by atoms with Gasteiger partial charge in [0.15, 0.2) is 0 Å². The standard InChI is InChI=1S/C28H32N2O4S/c1-33-23-14-12-21(13-15-23)27(28(32)29-22-8-3-4-9-22)30(26(31)18-25-11-6-16-35-25)19-20-7-5-10-24(17-20)34-2/h5-7,10-17,22,27H,3-4,8-9,18-19H2,1-2H3,(H,29,32). The van der Waals surface area contributed by atoms with Crippen LogP contribution in [0.5, 0.6) is 11.5 Å².